The first-order valence-electron chi connectivity index (χ1n) is 9.83. The SMILES string of the molecule is CC[NH+]1CCC2(CC1)Oc1ccccc1[C@@H]1CC(c3ccccc3)=NN12. The van der Waals surface area contributed by atoms with E-state index in [1.807, 2.05) is 0 Å². The van der Waals surface area contributed by atoms with Gasteiger partial charge in [0.25, 0.3) is 0 Å². The standard InChI is InChI=1S/C22H25N3O/c1-2-24-14-12-22(13-15-24)25-20(18-10-6-7-11-21(18)26-22)16-19(23-25)17-8-4-3-5-9-17/h3-11,20H,2,12-16H2,1H3/p+1/t20-/m0/s1. The monoisotopic (exact) mass is 348 g/mol. The van der Waals surface area contributed by atoms with Gasteiger partial charge in [0.1, 0.15) is 5.75 Å². The van der Waals surface area contributed by atoms with E-state index in [0.29, 0.717) is 6.04 Å². The predicted molar refractivity (Wildman–Crippen MR) is 102 cm³/mol. The van der Waals surface area contributed by atoms with Crippen molar-refractivity contribution in [3.05, 3.63) is 65.7 Å². The molecule has 1 N–H and O–H groups in total. The van der Waals surface area contributed by atoms with E-state index >= 15 is 0 Å². The summed E-state index contributed by atoms with van der Waals surface area (Å²) in [5, 5.41) is 7.43. The first-order valence-corrected chi connectivity index (χ1v) is 9.83. The molecule has 0 bridgehead atoms. The van der Waals surface area contributed by atoms with Crippen LogP contribution in [0.15, 0.2) is 59.7 Å². The third-order valence-electron chi connectivity index (χ3n) is 6.25. The number of piperidine rings is 1. The molecule has 3 aliphatic rings. The molecule has 1 atom stereocenters. The summed E-state index contributed by atoms with van der Waals surface area (Å²) in [5.41, 5.74) is 3.40. The Morgan fingerprint density at radius 1 is 1.08 bits per heavy atom. The van der Waals surface area contributed by atoms with E-state index in [1.165, 1.54) is 23.4 Å². The molecule has 0 aliphatic carbocycles. The van der Waals surface area contributed by atoms with Crippen LogP contribution in [-0.4, -0.2) is 36.1 Å². The minimum absolute atomic E-state index is 0.284. The molecule has 134 valence electrons. The Bertz CT molecular complexity index is 824. The van der Waals surface area contributed by atoms with E-state index in [1.54, 1.807) is 4.90 Å². The smallest absolute Gasteiger partial charge is 0.208 e. The molecule has 5 rings (SSSR count). The highest BCUT2D eigenvalue weighted by Gasteiger charge is 2.52. The number of benzene rings is 2. The molecule has 0 saturated carbocycles. The van der Waals surface area contributed by atoms with Crippen LogP contribution < -0.4 is 9.64 Å². The second-order valence-corrected chi connectivity index (χ2v) is 7.67. The number of likely N-dealkylation sites (tertiary alicyclic amines) is 1. The Hall–Kier alpha value is -2.33. The lowest BCUT2D eigenvalue weighted by atomic mass is 9.91. The van der Waals surface area contributed by atoms with Crippen molar-refractivity contribution in [1.29, 1.82) is 0 Å². The lowest BCUT2D eigenvalue weighted by Gasteiger charge is -2.50. The number of hydrogen-bond donors (Lipinski definition) is 1. The van der Waals surface area contributed by atoms with E-state index in [4.69, 9.17) is 9.84 Å². The fraction of sp³-hybridized carbons (Fsp3) is 0.409. The van der Waals surface area contributed by atoms with Gasteiger partial charge in [-0.2, -0.15) is 5.10 Å². The van der Waals surface area contributed by atoms with E-state index in [0.717, 1.165) is 38.1 Å². The van der Waals surface area contributed by atoms with Gasteiger partial charge in [-0.05, 0) is 18.6 Å². The Morgan fingerprint density at radius 2 is 1.81 bits per heavy atom. The van der Waals surface area contributed by atoms with E-state index in [9.17, 15) is 0 Å². The van der Waals surface area contributed by atoms with Crippen molar-refractivity contribution in [2.24, 2.45) is 5.10 Å². The van der Waals surface area contributed by atoms with Gasteiger partial charge >= 0.3 is 0 Å². The van der Waals surface area contributed by atoms with Crippen LogP contribution in [0.4, 0.5) is 0 Å². The highest BCUT2D eigenvalue weighted by atomic mass is 16.5. The average molecular weight is 348 g/mol. The Morgan fingerprint density at radius 3 is 2.58 bits per heavy atom. The van der Waals surface area contributed by atoms with Crippen molar-refractivity contribution in [1.82, 2.24) is 5.01 Å². The van der Waals surface area contributed by atoms with Crippen LogP contribution in [-0.2, 0) is 0 Å². The van der Waals surface area contributed by atoms with Crippen LogP contribution in [0.2, 0.25) is 0 Å². The van der Waals surface area contributed by atoms with Gasteiger partial charge < -0.3 is 9.64 Å². The number of ether oxygens (including phenoxy) is 1. The molecule has 4 heteroatoms. The van der Waals surface area contributed by atoms with Crippen molar-refractivity contribution in [3.8, 4) is 5.75 Å². The second kappa shape index (κ2) is 6.13. The highest BCUT2D eigenvalue weighted by Crippen LogP contribution is 2.49. The molecule has 2 aromatic rings. The number of para-hydroxylation sites is 1. The van der Waals surface area contributed by atoms with Crippen molar-refractivity contribution in [3.63, 3.8) is 0 Å². The zero-order valence-corrected chi connectivity index (χ0v) is 15.3. The molecule has 0 unspecified atom stereocenters. The molecule has 1 fully saturated rings. The number of fused-ring (bicyclic) bond motifs is 4. The fourth-order valence-corrected chi connectivity index (χ4v) is 4.71. The van der Waals surface area contributed by atoms with Crippen LogP contribution in [0.1, 0.15) is 43.4 Å². The number of rotatable bonds is 2. The summed E-state index contributed by atoms with van der Waals surface area (Å²) in [6, 6.07) is 19.4. The molecule has 1 spiro atoms. The summed E-state index contributed by atoms with van der Waals surface area (Å²) in [6.45, 7) is 5.76. The minimum atomic E-state index is -0.284. The molecule has 0 radical (unpaired) electrons. The van der Waals surface area contributed by atoms with Crippen LogP contribution in [0.3, 0.4) is 0 Å². The topological polar surface area (TPSA) is 29.3 Å². The largest absolute Gasteiger partial charge is 0.466 e. The van der Waals surface area contributed by atoms with Crippen molar-refractivity contribution in [2.45, 2.75) is 38.0 Å². The first kappa shape index (κ1) is 15.9. The molecular formula is C22H26N3O+. The van der Waals surface area contributed by atoms with Crippen LogP contribution in [0.5, 0.6) is 5.75 Å². The Labute approximate surface area is 155 Å². The number of hydrazone groups is 1. The second-order valence-electron chi connectivity index (χ2n) is 7.67. The maximum atomic E-state index is 6.66. The quantitative estimate of drug-likeness (QED) is 0.904. The number of quaternary nitrogens is 1. The molecule has 2 aromatic carbocycles. The summed E-state index contributed by atoms with van der Waals surface area (Å²) >= 11 is 0. The number of hydrogen-bond acceptors (Lipinski definition) is 3. The summed E-state index contributed by atoms with van der Waals surface area (Å²) in [4.78, 5) is 1.67. The third-order valence-corrected chi connectivity index (χ3v) is 6.25. The predicted octanol–water partition coefficient (Wildman–Crippen LogP) is 2.63. The Kier molecular flexibility index (Phi) is 3.75. The molecule has 26 heavy (non-hydrogen) atoms. The maximum absolute atomic E-state index is 6.66. The summed E-state index contributed by atoms with van der Waals surface area (Å²) in [6.07, 6.45) is 3.02. The van der Waals surface area contributed by atoms with E-state index in [-0.39, 0.29) is 5.72 Å². The van der Waals surface area contributed by atoms with Gasteiger partial charge in [-0.1, -0.05) is 48.5 Å². The molecule has 1 saturated heterocycles. The van der Waals surface area contributed by atoms with Crippen LogP contribution >= 0.6 is 0 Å². The molecular weight excluding hydrogens is 322 g/mol. The van der Waals surface area contributed by atoms with Gasteiger partial charge in [0.05, 0.1) is 44.2 Å². The van der Waals surface area contributed by atoms with Gasteiger partial charge in [0.2, 0.25) is 5.72 Å². The van der Waals surface area contributed by atoms with E-state index < -0.39 is 0 Å². The maximum Gasteiger partial charge on any atom is 0.208 e. The molecule has 0 amide bonds. The van der Waals surface area contributed by atoms with Crippen molar-refractivity contribution >= 4 is 5.71 Å². The molecule has 4 nitrogen and oxygen atoms in total. The van der Waals surface area contributed by atoms with Crippen LogP contribution in [0.25, 0.3) is 0 Å². The molecule has 3 aliphatic heterocycles. The molecule has 3 heterocycles. The fourth-order valence-electron chi connectivity index (χ4n) is 4.71. The lowest BCUT2D eigenvalue weighted by Crippen LogP contribution is -3.13. The zero-order valence-electron chi connectivity index (χ0n) is 15.3. The van der Waals surface area contributed by atoms with E-state index in [2.05, 4.69) is 66.5 Å². The summed E-state index contributed by atoms with van der Waals surface area (Å²) in [7, 11) is 0. The number of nitrogens with zero attached hydrogens (tertiary/aromatic N) is 2. The summed E-state index contributed by atoms with van der Waals surface area (Å²) in [5.74, 6) is 1.05. The number of nitrogens with one attached hydrogen (secondary N) is 1. The normalized spacial score (nSPS) is 29.7. The van der Waals surface area contributed by atoms with Crippen LogP contribution in [0, 0.1) is 0 Å². The van der Waals surface area contributed by atoms with Gasteiger partial charge in [-0.15, -0.1) is 0 Å². The first-order chi connectivity index (χ1) is 12.8. The van der Waals surface area contributed by atoms with Gasteiger partial charge in [0.15, 0.2) is 0 Å². The van der Waals surface area contributed by atoms with Crippen molar-refractivity contribution in [2.75, 3.05) is 19.6 Å². The third kappa shape index (κ3) is 2.43. The highest BCUT2D eigenvalue weighted by molar-refractivity contribution is 6.01. The Balaban J connectivity index is 1.55. The lowest BCUT2D eigenvalue weighted by molar-refractivity contribution is -0.906. The van der Waals surface area contributed by atoms with Gasteiger partial charge in [0, 0.05) is 12.0 Å². The van der Waals surface area contributed by atoms with Crippen molar-refractivity contribution < 1.29 is 9.64 Å². The van der Waals surface area contributed by atoms with Gasteiger partial charge in [-0.25, -0.2) is 5.01 Å². The van der Waals surface area contributed by atoms with Gasteiger partial charge in [-0.3, -0.25) is 0 Å². The minimum Gasteiger partial charge on any atom is -0.466 e. The molecule has 0 aromatic heterocycles. The average Bonchev–Trinajstić information content (AvgIpc) is 3.16. The zero-order chi connectivity index (χ0) is 17.6. The summed E-state index contributed by atoms with van der Waals surface area (Å²) < 4.78 is 6.66.